The average Bonchev–Trinajstić information content (AvgIpc) is 2.95. The molecule has 0 aliphatic heterocycles. The van der Waals surface area contributed by atoms with Gasteiger partial charge in [-0.1, -0.05) is 18.9 Å². The van der Waals surface area contributed by atoms with Gasteiger partial charge in [0.1, 0.15) is 17.0 Å². The lowest BCUT2D eigenvalue weighted by atomic mass is 9.98. The second kappa shape index (κ2) is 6.47. The van der Waals surface area contributed by atoms with Gasteiger partial charge in [0.25, 0.3) is 5.91 Å². The minimum atomic E-state index is -1.13. The summed E-state index contributed by atoms with van der Waals surface area (Å²) < 4.78 is 10.4. The van der Waals surface area contributed by atoms with E-state index >= 15 is 0 Å². The van der Waals surface area contributed by atoms with Crippen LogP contribution in [0.4, 0.5) is 0 Å². The summed E-state index contributed by atoms with van der Waals surface area (Å²) in [4.78, 5) is 23.3. The van der Waals surface area contributed by atoms with Crippen LogP contribution in [-0.4, -0.2) is 36.2 Å². The molecule has 0 atom stereocenters. The molecule has 1 aromatic rings. The van der Waals surface area contributed by atoms with Crippen LogP contribution >= 0.6 is 0 Å². The minimum Gasteiger partial charge on any atom is -0.497 e. The Balaban J connectivity index is 1.91. The number of benzene rings is 1. The summed E-state index contributed by atoms with van der Waals surface area (Å²) >= 11 is 0. The number of rotatable bonds is 6. The van der Waals surface area contributed by atoms with Gasteiger partial charge in [0.05, 0.1) is 7.11 Å². The van der Waals surface area contributed by atoms with Crippen LogP contribution in [0.2, 0.25) is 0 Å². The van der Waals surface area contributed by atoms with Gasteiger partial charge in [-0.05, 0) is 25.0 Å². The molecule has 0 radical (unpaired) electrons. The molecule has 0 saturated heterocycles. The standard InChI is InChI=1S/C15H19NO5/c1-20-11-5-4-6-12(9-11)21-10-13(17)16-15(14(18)19)7-2-3-8-15/h4-6,9H,2-3,7-8,10H2,1H3,(H,16,17)(H,18,19). The van der Waals surface area contributed by atoms with Gasteiger partial charge in [-0.25, -0.2) is 4.79 Å². The van der Waals surface area contributed by atoms with Crippen LogP contribution in [0.3, 0.4) is 0 Å². The molecule has 6 nitrogen and oxygen atoms in total. The maximum absolute atomic E-state index is 11.9. The Morgan fingerprint density at radius 3 is 2.57 bits per heavy atom. The number of carboxylic acid groups (broad SMARTS) is 1. The van der Waals surface area contributed by atoms with Crippen LogP contribution < -0.4 is 14.8 Å². The zero-order chi connectivity index (χ0) is 15.3. The van der Waals surface area contributed by atoms with Crippen LogP contribution in [0.15, 0.2) is 24.3 Å². The fourth-order valence-electron chi connectivity index (χ4n) is 2.51. The molecule has 0 aromatic heterocycles. The van der Waals surface area contributed by atoms with E-state index < -0.39 is 17.4 Å². The van der Waals surface area contributed by atoms with Gasteiger partial charge in [0.2, 0.25) is 0 Å². The molecule has 0 heterocycles. The topological polar surface area (TPSA) is 84.9 Å². The second-order valence-corrected chi connectivity index (χ2v) is 5.11. The lowest BCUT2D eigenvalue weighted by molar-refractivity contribution is -0.147. The van der Waals surface area contributed by atoms with Crippen LogP contribution in [0.1, 0.15) is 25.7 Å². The van der Waals surface area contributed by atoms with Crippen LogP contribution in [0, 0.1) is 0 Å². The van der Waals surface area contributed by atoms with E-state index in [0.29, 0.717) is 24.3 Å². The first-order chi connectivity index (χ1) is 10.1. The first-order valence-corrected chi connectivity index (χ1v) is 6.87. The molecule has 0 bridgehead atoms. The number of aliphatic carboxylic acids is 1. The fraction of sp³-hybridized carbons (Fsp3) is 0.467. The zero-order valence-electron chi connectivity index (χ0n) is 11.9. The molecule has 0 unspecified atom stereocenters. The SMILES string of the molecule is COc1cccc(OCC(=O)NC2(C(=O)O)CCCC2)c1. The molecule has 1 saturated carbocycles. The van der Waals surface area contributed by atoms with Crippen molar-refractivity contribution >= 4 is 11.9 Å². The largest absolute Gasteiger partial charge is 0.497 e. The number of hydrogen-bond donors (Lipinski definition) is 2. The molecule has 2 rings (SSSR count). The van der Waals surface area contributed by atoms with E-state index in [4.69, 9.17) is 9.47 Å². The van der Waals surface area contributed by atoms with Crippen LogP contribution in [0.25, 0.3) is 0 Å². The summed E-state index contributed by atoms with van der Waals surface area (Å²) in [5, 5.41) is 11.9. The highest BCUT2D eigenvalue weighted by Gasteiger charge is 2.42. The lowest BCUT2D eigenvalue weighted by Gasteiger charge is -2.25. The third kappa shape index (κ3) is 3.65. The number of carbonyl (C=O) groups excluding carboxylic acids is 1. The van der Waals surface area contributed by atoms with Crippen molar-refractivity contribution in [1.82, 2.24) is 5.32 Å². The number of carbonyl (C=O) groups is 2. The number of nitrogens with one attached hydrogen (secondary N) is 1. The number of methoxy groups -OCH3 is 1. The van der Waals surface area contributed by atoms with E-state index in [0.717, 1.165) is 12.8 Å². The number of hydrogen-bond acceptors (Lipinski definition) is 4. The molecular weight excluding hydrogens is 274 g/mol. The van der Waals surface area contributed by atoms with E-state index in [-0.39, 0.29) is 6.61 Å². The normalized spacial score (nSPS) is 16.2. The Morgan fingerprint density at radius 2 is 1.95 bits per heavy atom. The Morgan fingerprint density at radius 1 is 1.29 bits per heavy atom. The van der Waals surface area contributed by atoms with Crippen molar-refractivity contribution in [2.75, 3.05) is 13.7 Å². The van der Waals surface area contributed by atoms with Crippen molar-refractivity contribution in [1.29, 1.82) is 0 Å². The highest BCUT2D eigenvalue weighted by Crippen LogP contribution is 2.29. The lowest BCUT2D eigenvalue weighted by Crippen LogP contribution is -2.53. The highest BCUT2D eigenvalue weighted by molar-refractivity contribution is 5.87. The van der Waals surface area contributed by atoms with Gasteiger partial charge in [-0.15, -0.1) is 0 Å². The van der Waals surface area contributed by atoms with Gasteiger partial charge >= 0.3 is 5.97 Å². The zero-order valence-corrected chi connectivity index (χ0v) is 11.9. The van der Waals surface area contributed by atoms with Gasteiger partial charge in [-0.2, -0.15) is 0 Å². The predicted octanol–water partition coefficient (Wildman–Crippen LogP) is 1.59. The van der Waals surface area contributed by atoms with Crippen LogP contribution in [0.5, 0.6) is 11.5 Å². The van der Waals surface area contributed by atoms with Gasteiger partial charge < -0.3 is 19.9 Å². The molecular formula is C15H19NO5. The molecule has 1 aromatic carbocycles. The Bertz CT molecular complexity index is 523. The number of carboxylic acids is 1. The molecule has 1 amide bonds. The van der Waals surface area contributed by atoms with Crippen molar-refractivity contribution in [3.8, 4) is 11.5 Å². The van der Waals surface area contributed by atoms with Crippen molar-refractivity contribution in [3.63, 3.8) is 0 Å². The van der Waals surface area contributed by atoms with Crippen molar-refractivity contribution in [2.45, 2.75) is 31.2 Å². The monoisotopic (exact) mass is 293 g/mol. The first-order valence-electron chi connectivity index (χ1n) is 6.87. The molecule has 1 aliphatic rings. The van der Waals surface area contributed by atoms with Crippen molar-refractivity contribution < 1.29 is 24.2 Å². The molecule has 6 heteroatoms. The van der Waals surface area contributed by atoms with Crippen molar-refractivity contribution in [3.05, 3.63) is 24.3 Å². The summed E-state index contributed by atoms with van der Waals surface area (Å²) in [7, 11) is 1.54. The predicted molar refractivity (Wildman–Crippen MR) is 75.5 cm³/mol. The van der Waals surface area contributed by atoms with Crippen LogP contribution in [-0.2, 0) is 9.59 Å². The molecule has 114 valence electrons. The van der Waals surface area contributed by atoms with Gasteiger partial charge in [0, 0.05) is 6.07 Å². The summed E-state index contributed by atoms with van der Waals surface area (Å²) in [6.45, 7) is -0.220. The maximum atomic E-state index is 11.9. The highest BCUT2D eigenvalue weighted by atomic mass is 16.5. The third-order valence-electron chi connectivity index (χ3n) is 3.66. The summed E-state index contributed by atoms with van der Waals surface area (Å²) in [6, 6.07) is 6.89. The third-order valence-corrected chi connectivity index (χ3v) is 3.66. The first kappa shape index (κ1) is 15.2. The second-order valence-electron chi connectivity index (χ2n) is 5.11. The number of amides is 1. The quantitative estimate of drug-likeness (QED) is 0.832. The van der Waals surface area contributed by atoms with E-state index in [1.807, 2.05) is 0 Å². The van der Waals surface area contributed by atoms with E-state index in [9.17, 15) is 14.7 Å². The molecule has 21 heavy (non-hydrogen) atoms. The van der Waals surface area contributed by atoms with Crippen molar-refractivity contribution in [2.24, 2.45) is 0 Å². The molecule has 2 N–H and O–H groups in total. The number of ether oxygens (including phenoxy) is 2. The maximum Gasteiger partial charge on any atom is 0.329 e. The average molecular weight is 293 g/mol. The molecule has 1 fully saturated rings. The summed E-state index contributed by atoms with van der Waals surface area (Å²) in [6.07, 6.45) is 2.55. The molecule has 0 spiro atoms. The van der Waals surface area contributed by atoms with E-state index in [2.05, 4.69) is 5.32 Å². The Kier molecular flexibility index (Phi) is 4.67. The van der Waals surface area contributed by atoms with Gasteiger partial charge in [0.15, 0.2) is 6.61 Å². The van der Waals surface area contributed by atoms with E-state index in [1.165, 1.54) is 0 Å². The minimum absolute atomic E-state index is 0.220. The van der Waals surface area contributed by atoms with Gasteiger partial charge in [-0.3, -0.25) is 4.79 Å². The smallest absolute Gasteiger partial charge is 0.329 e. The Labute approximate surface area is 123 Å². The Hall–Kier alpha value is -2.24. The molecule has 1 aliphatic carbocycles. The fourth-order valence-corrected chi connectivity index (χ4v) is 2.51. The summed E-state index contributed by atoms with van der Waals surface area (Å²) in [5.41, 5.74) is -1.13. The summed E-state index contributed by atoms with van der Waals surface area (Å²) in [5.74, 6) is -0.275. The van der Waals surface area contributed by atoms with E-state index in [1.54, 1.807) is 31.4 Å².